The molecule has 1 N–H and O–H groups in total. The minimum absolute atomic E-state index is 0.108. The Hall–Kier alpha value is -2.61. The van der Waals surface area contributed by atoms with Gasteiger partial charge in [0.25, 0.3) is 5.91 Å². The molecular formula is C19H20F3N3O2. The lowest BCUT2D eigenvalue weighted by Gasteiger charge is -2.32. The van der Waals surface area contributed by atoms with Crippen LogP contribution in [0.5, 0.6) is 5.75 Å². The maximum atomic E-state index is 12.2. The van der Waals surface area contributed by atoms with Crippen molar-refractivity contribution in [2.75, 3.05) is 13.1 Å². The van der Waals surface area contributed by atoms with Gasteiger partial charge >= 0.3 is 6.36 Å². The zero-order valence-electron chi connectivity index (χ0n) is 14.6. The predicted octanol–water partition coefficient (Wildman–Crippen LogP) is 3.37. The molecule has 0 saturated carbocycles. The van der Waals surface area contributed by atoms with E-state index in [2.05, 4.69) is 19.9 Å². The number of benzene rings is 1. The van der Waals surface area contributed by atoms with Gasteiger partial charge in [0.05, 0.1) is 5.56 Å². The van der Waals surface area contributed by atoms with Crippen molar-refractivity contribution in [3.8, 4) is 5.75 Å². The lowest BCUT2D eigenvalue weighted by Crippen LogP contribution is -2.44. The number of likely N-dealkylation sites (tertiary alicyclic amines) is 1. The van der Waals surface area contributed by atoms with Crippen LogP contribution in [0.1, 0.15) is 28.8 Å². The third-order valence-corrected chi connectivity index (χ3v) is 4.41. The highest BCUT2D eigenvalue weighted by atomic mass is 19.4. The molecule has 1 saturated heterocycles. The second-order valence-corrected chi connectivity index (χ2v) is 6.46. The standard InChI is InChI=1S/C19H20F3N3O2/c20-19(21,22)27-17-5-3-14(4-6-17)13-25-10-7-16(8-11-25)24-18(26)15-2-1-9-23-12-15/h1-6,9,12,16H,7-8,10-11,13H2,(H,24,26). The summed E-state index contributed by atoms with van der Waals surface area (Å²) in [5, 5.41) is 3.02. The number of carbonyl (C=O) groups is 1. The summed E-state index contributed by atoms with van der Waals surface area (Å²) < 4.78 is 40.4. The van der Waals surface area contributed by atoms with Gasteiger partial charge in [-0.25, -0.2) is 0 Å². The van der Waals surface area contributed by atoms with Crippen molar-refractivity contribution in [3.63, 3.8) is 0 Å². The van der Waals surface area contributed by atoms with Crippen LogP contribution < -0.4 is 10.1 Å². The van der Waals surface area contributed by atoms with Crippen molar-refractivity contribution in [1.82, 2.24) is 15.2 Å². The molecule has 0 unspecified atom stereocenters. The summed E-state index contributed by atoms with van der Waals surface area (Å²) >= 11 is 0. The minimum Gasteiger partial charge on any atom is -0.406 e. The summed E-state index contributed by atoms with van der Waals surface area (Å²) in [6, 6.07) is 9.48. The van der Waals surface area contributed by atoms with Crippen LogP contribution in [0.2, 0.25) is 0 Å². The number of amides is 1. The second kappa shape index (κ2) is 8.39. The minimum atomic E-state index is -4.68. The summed E-state index contributed by atoms with van der Waals surface area (Å²) in [4.78, 5) is 18.3. The molecule has 3 rings (SSSR count). The van der Waals surface area contributed by atoms with E-state index in [-0.39, 0.29) is 17.7 Å². The molecule has 1 amide bonds. The number of hydrogen-bond acceptors (Lipinski definition) is 4. The van der Waals surface area contributed by atoms with Crippen LogP contribution >= 0.6 is 0 Å². The van der Waals surface area contributed by atoms with Crippen LogP contribution in [-0.2, 0) is 6.54 Å². The fourth-order valence-corrected chi connectivity index (χ4v) is 3.06. The van der Waals surface area contributed by atoms with Crippen molar-refractivity contribution in [1.29, 1.82) is 0 Å². The molecule has 1 aliphatic rings. The molecule has 1 aromatic carbocycles. The van der Waals surface area contributed by atoms with Gasteiger partial charge in [-0.15, -0.1) is 13.2 Å². The number of ether oxygens (including phenoxy) is 1. The number of alkyl halides is 3. The van der Waals surface area contributed by atoms with Crippen LogP contribution in [0.4, 0.5) is 13.2 Å². The first-order chi connectivity index (χ1) is 12.9. The van der Waals surface area contributed by atoms with E-state index in [1.165, 1.54) is 18.3 Å². The van der Waals surface area contributed by atoms with Gasteiger partial charge in [-0.05, 0) is 42.7 Å². The number of pyridine rings is 1. The molecule has 0 spiro atoms. The van der Waals surface area contributed by atoms with Crippen LogP contribution in [0.15, 0.2) is 48.8 Å². The number of nitrogens with zero attached hydrogens (tertiary/aromatic N) is 2. The third-order valence-electron chi connectivity index (χ3n) is 4.41. The highest BCUT2D eigenvalue weighted by Crippen LogP contribution is 2.23. The molecule has 1 aliphatic heterocycles. The second-order valence-electron chi connectivity index (χ2n) is 6.46. The van der Waals surface area contributed by atoms with Crippen LogP contribution in [0, 0.1) is 0 Å². The van der Waals surface area contributed by atoms with Crippen LogP contribution in [0.3, 0.4) is 0 Å². The van der Waals surface area contributed by atoms with Crippen LogP contribution in [0.25, 0.3) is 0 Å². The van der Waals surface area contributed by atoms with Gasteiger partial charge in [-0.2, -0.15) is 0 Å². The lowest BCUT2D eigenvalue weighted by atomic mass is 10.0. The largest absolute Gasteiger partial charge is 0.573 e. The molecule has 1 aromatic heterocycles. The number of halogens is 3. The van der Waals surface area contributed by atoms with E-state index in [0.29, 0.717) is 12.1 Å². The Bertz CT molecular complexity index is 743. The molecule has 27 heavy (non-hydrogen) atoms. The van der Waals surface area contributed by atoms with E-state index in [1.54, 1.807) is 30.5 Å². The smallest absolute Gasteiger partial charge is 0.406 e. The Balaban J connectivity index is 1.45. The van der Waals surface area contributed by atoms with Gasteiger partial charge in [0.2, 0.25) is 0 Å². The Labute approximate surface area is 155 Å². The average Bonchev–Trinajstić information content (AvgIpc) is 2.64. The molecule has 144 valence electrons. The lowest BCUT2D eigenvalue weighted by molar-refractivity contribution is -0.274. The molecule has 2 heterocycles. The van der Waals surface area contributed by atoms with E-state index in [4.69, 9.17) is 0 Å². The number of piperidine rings is 1. The van der Waals surface area contributed by atoms with Crippen molar-refractivity contribution in [2.45, 2.75) is 31.8 Å². The summed E-state index contributed by atoms with van der Waals surface area (Å²) in [5.41, 5.74) is 1.46. The maximum Gasteiger partial charge on any atom is 0.573 e. The molecule has 0 bridgehead atoms. The van der Waals surface area contributed by atoms with Gasteiger partial charge in [0.1, 0.15) is 5.75 Å². The number of nitrogens with one attached hydrogen (secondary N) is 1. The van der Waals surface area contributed by atoms with E-state index >= 15 is 0 Å². The van der Waals surface area contributed by atoms with E-state index < -0.39 is 6.36 Å². The number of rotatable bonds is 5. The Morgan fingerprint density at radius 3 is 2.48 bits per heavy atom. The summed E-state index contributed by atoms with van der Waals surface area (Å²) in [6.45, 7) is 2.26. The van der Waals surface area contributed by atoms with Gasteiger partial charge in [0, 0.05) is 38.1 Å². The molecule has 0 atom stereocenters. The molecule has 5 nitrogen and oxygen atoms in total. The Morgan fingerprint density at radius 2 is 1.89 bits per heavy atom. The number of carbonyl (C=O) groups excluding carboxylic acids is 1. The Kier molecular flexibility index (Phi) is 5.95. The topological polar surface area (TPSA) is 54.5 Å². The molecular weight excluding hydrogens is 359 g/mol. The SMILES string of the molecule is O=C(NC1CCN(Cc2ccc(OC(F)(F)F)cc2)CC1)c1cccnc1. The first-order valence-electron chi connectivity index (χ1n) is 8.67. The molecule has 0 radical (unpaired) electrons. The normalized spacial score (nSPS) is 16.1. The Morgan fingerprint density at radius 1 is 1.19 bits per heavy atom. The van der Waals surface area contributed by atoms with Crippen molar-refractivity contribution in [3.05, 3.63) is 59.9 Å². The first-order valence-corrected chi connectivity index (χ1v) is 8.67. The molecule has 1 fully saturated rings. The zero-order chi connectivity index (χ0) is 19.3. The third kappa shape index (κ3) is 5.96. The molecule has 0 aliphatic carbocycles. The summed E-state index contributed by atoms with van der Waals surface area (Å²) in [7, 11) is 0. The average molecular weight is 379 g/mol. The number of aromatic nitrogens is 1. The van der Waals surface area contributed by atoms with Gasteiger partial charge < -0.3 is 10.1 Å². The van der Waals surface area contributed by atoms with Gasteiger partial charge in [-0.1, -0.05) is 12.1 Å². The van der Waals surface area contributed by atoms with Crippen molar-refractivity contribution in [2.24, 2.45) is 0 Å². The van der Waals surface area contributed by atoms with Gasteiger partial charge in [-0.3, -0.25) is 14.7 Å². The molecule has 2 aromatic rings. The van der Waals surface area contributed by atoms with Crippen molar-refractivity contribution >= 4 is 5.91 Å². The summed E-state index contributed by atoms with van der Waals surface area (Å²) in [6.07, 6.45) is 0.125. The highest BCUT2D eigenvalue weighted by molar-refractivity contribution is 5.94. The monoisotopic (exact) mass is 379 g/mol. The maximum absolute atomic E-state index is 12.2. The number of hydrogen-bond donors (Lipinski definition) is 1. The molecule has 8 heteroatoms. The van der Waals surface area contributed by atoms with Crippen molar-refractivity contribution < 1.29 is 22.7 Å². The fraction of sp³-hybridized carbons (Fsp3) is 0.368. The van der Waals surface area contributed by atoms with E-state index in [0.717, 1.165) is 31.5 Å². The van der Waals surface area contributed by atoms with Gasteiger partial charge in [0.15, 0.2) is 0 Å². The zero-order valence-corrected chi connectivity index (χ0v) is 14.6. The quantitative estimate of drug-likeness (QED) is 0.866. The highest BCUT2D eigenvalue weighted by Gasteiger charge is 2.31. The fourth-order valence-electron chi connectivity index (χ4n) is 3.06. The van der Waals surface area contributed by atoms with Crippen LogP contribution in [-0.4, -0.2) is 41.3 Å². The predicted molar refractivity (Wildman–Crippen MR) is 93.1 cm³/mol. The van der Waals surface area contributed by atoms with E-state index in [1.807, 2.05) is 0 Å². The first kappa shape index (κ1) is 19.2. The summed E-state index contributed by atoms with van der Waals surface area (Å²) in [5.74, 6) is -0.343. The van der Waals surface area contributed by atoms with E-state index in [9.17, 15) is 18.0 Å².